The van der Waals surface area contributed by atoms with Gasteiger partial charge in [0.05, 0.1) is 18.2 Å². The molecule has 0 saturated carbocycles. The van der Waals surface area contributed by atoms with Crippen LogP contribution in [0.3, 0.4) is 0 Å². The number of carboxylic acid groups (broad SMARTS) is 1. The first kappa shape index (κ1) is 28.8. The molecule has 3 aromatic rings. The highest BCUT2D eigenvalue weighted by molar-refractivity contribution is 5.97. The molecule has 8 heteroatoms. The van der Waals surface area contributed by atoms with E-state index in [1.54, 1.807) is 35.4 Å². The minimum absolute atomic E-state index is 0.0638. The molecule has 0 bridgehead atoms. The number of aromatic carboxylic acids is 1. The van der Waals surface area contributed by atoms with Crippen molar-refractivity contribution < 1.29 is 24.5 Å². The van der Waals surface area contributed by atoms with Crippen LogP contribution in [0.2, 0.25) is 0 Å². The third-order valence-corrected chi connectivity index (χ3v) is 7.01. The lowest BCUT2D eigenvalue weighted by molar-refractivity contribution is 0.0324. The molecule has 2 heterocycles. The van der Waals surface area contributed by atoms with Gasteiger partial charge >= 0.3 is 5.97 Å². The number of pyridine rings is 1. The van der Waals surface area contributed by atoms with Crippen molar-refractivity contribution >= 4 is 11.9 Å². The first-order valence-electron chi connectivity index (χ1n) is 13.4. The summed E-state index contributed by atoms with van der Waals surface area (Å²) in [5.41, 5.74) is 3.16. The second-order valence-corrected chi connectivity index (χ2v) is 10.4. The standard InChI is InChI=1S/C32H35N3O5/c1-22-18-35(23(2)21-36)31(37)28-16-25(12-7-11-24-9-5-4-6-10-24)17-33-30(28)40-29(22)20-34(3)19-26-13-8-14-27(15-26)32(38)39/h4-6,8-10,13-17,22-23,29,36H,11,18-21H2,1-3H3,(H,38,39)/t22-,23+,29-/m1/s1. The lowest BCUT2D eigenvalue weighted by Gasteiger charge is -2.37. The van der Waals surface area contributed by atoms with E-state index in [-0.39, 0.29) is 42.0 Å². The van der Waals surface area contributed by atoms with Crippen molar-refractivity contribution in [1.29, 1.82) is 0 Å². The Hall–Kier alpha value is -4.19. The Labute approximate surface area is 235 Å². The zero-order valence-electron chi connectivity index (χ0n) is 23.1. The highest BCUT2D eigenvalue weighted by Crippen LogP contribution is 2.27. The zero-order valence-corrected chi connectivity index (χ0v) is 23.1. The van der Waals surface area contributed by atoms with Crippen molar-refractivity contribution in [3.05, 3.63) is 94.7 Å². The highest BCUT2D eigenvalue weighted by atomic mass is 16.5. The SMILES string of the molecule is C[C@@H]1CN([C@@H](C)CO)C(=O)c2cc(C#CCc3ccccc3)cnc2O[C@@H]1CN(C)Cc1cccc(C(=O)O)c1. The minimum Gasteiger partial charge on any atom is -0.478 e. The van der Waals surface area contributed by atoms with Gasteiger partial charge < -0.3 is 19.8 Å². The Morgan fingerprint density at radius 2 is 1.93 bits per heavy atom. The largest absolute Gasteiger partial charge is 0.478 e. The quantitative estimate of drug-likeness (QED) is 0.419. The maximum absolute atomic E-state index is 13.6. The van der Waals surface area contributed by atoms with Crippen LogP contribution in [0.15, 0.2) is 66.9 Å². The van der Waals surface area contributed by atoms with Crippen LogP contribution in [0, 0.1) is 17.8 Å². The Morgan fingerprint density at radius 3 is 2.65 bits per heavy atom. The number of benzene rings is 2. The molecule has 4 rings (SSSR count). The van der Waals surface area contributed by atoms with Gasteiger partial charge in [-0.2, -0.15) is 0 Å². The number of fused-ring (bicyclic) bond motifs is 1. The fraction of sp³-hybridized carbons (Fsp3) is 0.344. The average Bonchev–Trinajstić information content (AvgIpc) is 2.95. The van der Waals surface area contributed by atoms with Crippen LogP contribution >= 0.6 is 0 Å². The summed E-state index contributed by atoms with van der Waals surface area (Å²) in [6.45, 7) is 5.12. The van der Waals surface area contributed by atoms with Gasteiger partial charge in [-0.15, -0.1) is 0 Å². The molecule has 1 aliphatic rings. The first-order chi connectivity index (χ1) is 19.2. The van der Waals surface area contributed by atoms with Gasteiger partial charge in [-0.25, -0.2) is 9.78 Å². The molecule has 3 atom stereocenters. The zero-order chi connectivity index (χ0) is 28.6. The van der Waals surface area contributed by atoms with E-state index in [1.165, 1.54) is 0 Å². The number of likely N-dealkylation sites (N-methyl/N-ethyl adjacent to an activating group) is 1. The Balaban J connectivity index is 1.58. The number of rotatable bonds is 8. The molecule has 208 valence electrons. The molecule has 1 aromatic heterocycles. The van der Waals surface area contributed by atoms with Crippen molar-refractivity contribution in [2.45, 2.75) is 39.0 Å². The van der Waals surface area contributed by atoms with Crippen LogP contribution in [0.25, 0.3) is 0 Å². The summed E-state index contributed by atoms with van der Waals surface area (Å²) in [6.07, 6.45) is 1.89. The fourth-order valence-electron chi connectivity index (χ4n) is 4.72. The van der Waals surface area contributed by atoms with Crippen molar-refractivity contribution in [1.82, 2.24) is 14.8 Å². The molecular weight excluding hydrogens is 506 g/mol. The summed E-state index contributed by atoms with van der Waals surface area (Å²) < 4.78 is 6.38. The molecule has 1 amide bonds. The van der Waals surface area contributed by atoms with Crippen LogP contribution in [0.5, 0.6) is 5.88 Å². The van der Waals surface area contributed by atoms with Crippen molar-refractivity contribution in [3.63, 3.8) is 0 Å². The number of carbonyl (C=O) groups is 2. The molecule has 0 unspecified atom stereocenters. The van der Waals surface area contributed by atoms with Crippen molar-refractivity contribution in [2.75, 3.05) is 26.7 Å². The highest BCUT2D eigenvalue weighted by Gasteiger charge is 2.34. The summed E-state index contributed by atoms with van der Waals surface area (Å²) in [5, 5.41) is 19.2. The number of carboxylic acids is 1. The number of hydrogen-bond donors (Lipinski definition) is 2. The van der Waals surface area contributed by atoms with Crippen LogP contribution in [0.1, 0.15) is 51.3 Å². The maximum Gasteiger partial charge on any atom is 0.335 e. The summed E-state index contributed by atoms with van der Waals surface area (Å²) in [7, 11) is 1.95. The van der Waals surface area contributed by atoms with Gasteiger partial charge in [-0.3, -0.25) is 9.69 Å². The molecule has 8 nitrogen and oxygen atoms in total. The second kappa shape index (κ2) is 13.2. The molecular formula is C32H35N3O5. The topological polar surface area (TPSA) is 103 Å². The molecule has 0 spiro atoms. The van der Waals surface area contributed by atoms with E-state index in [0.29, 0.717) is 37.2 Å². The van der Waals surface area contributed by atoms with E-state index in [9.17, 15) is 19.8 Å². The van der Waals surface area contributed by atoms with Gasteiger partial charge in [0.25, 0.3) is 5.91 Å². The summed E-state index contributed by atoms with van der Waals surface area (Å²) >= 11 is 0. The van der Waals surface area contributed by atoms with Crippen molar-refractivity contribution in [2.24, 2.45) is 5.92 Å². The summed E-state index contributed by atoms with van der Waals surface area (Å²) in [6, 6.07) is 18.1. The van der Waals surface area contributed by atoms with E-state index < -0.39 is 5.97 Å². The van der Waals surface area contributed by atoms with E-state index in [4.69, 9.17) is 4.74 Å². The maximum atomic E-state index is 13.6. The lowest BCUT2D eigenvalue weighted by atomic mass is 9.99. The molecule has 0 saturated heterocycles. The number of aliphatic hydroxyl groups is 1. The molecule has 0 fully saturated rings. The van der Waals surface area contributed by atoms with E-state index in [0.717, 1.165) is 11.1 Å². The van der Waals surface area contributed by atoms with E-state index in [1.807, 2.05) is 57.3 Å². The third-order valence-electron chi connectivity index (χ3n) is 7.01. The number of ether oxygens (including phenoxy) is 1. The van der Waals surface area contributed by atoms with Gasteiger partial charge in [0.15, 0.2) is 0 Å². The minimum atomic E-state index is -0.962. The van der Waals surface area contributed by atoms with Crippen LogP contribution in [-0.2, 0) is 13.0 Å². The lowest BCUT2D eigenvalue weighted by Crippen LogP contribution is -2.49. The second-order valence-electron chi connectivity index (χ2n) is 10.4. The van der Waals surface area contributed by atoms with Crippen LogP contribution < -0.4 is 4.74 Å². The number of carbonyl (C=O) groups excluding carboxylic acids is 1. The monoisotopic (exact) mass is 541 g/mol. The van der Waals surface area contributed by atoms with Gasteiger partial charge in [0, 0.05) is 43.7 Å². The van der Waals surface area contributed by atoms with E-state index >= 15 is 0 Å². The van der Waals surface area contributed by atoms with E-state index in [2.05, 4.69) is 21.7 Å². The number of nitrogens with zero attached hydrogens (tertiary/aromatic N) is 3. The Morgan fingerprint density at radius 1 is 1.18 bits per heavy atom. The fourth-order valence-corrected chi connectivity index (χ4v) is 4.72. The normalized spacial score (nSPS) is 17.6. The van der Waals surface area contributed by atoms with Crippen LogP contribution in [-0.4, -0.2) is 75.8 Å². The molecule has 1 aliphatic heterocycles. The predicted molar refractivity (Wildman–Crippen MR) is 152 cm³/mol. The van der Waals surface area contributed by atoms with Gasteiger partial charge in [0.2, 0.25) is 5.88 Å². The van der Waals surface area contributed by atoms with Gasteiger partial charge in [-0.05, 0) is 43.3 Å². The van der Waals surface area contributed by atoms with Gasteiger partial charge in [-0.1, -0.05) is 61.2 Å². The molecule has 40 heavy (non-hydrogen) atoms. The van der Waals surface area contributed by atoms with Gasteiger partial charge in [0.1, 0.15) is 11.7 Å². The summed E-state index contributed by atoms with van der Waals surface area (Å²) in [4.78, 5) is 33.2. The number of aliphatic hydroxyl groups excluding tert-OH is 1. The van der Waals surface area contributed by atoms with Crippen LogP contribution in [0.4, 0.5) is 0 Å². The molecule has 2 aromatic carbocycles. The smallest absolute Gasteiger partial charge is 0.335 e. The summed E-state index contributed by atoms with van der Waals surface area (Å²) in [5.74, 6) is 5.23. The predicted octanol–water partition coefficient (Wildman–Crippen LogP) is 3.73. The Bertz CT molecular complexity index is 1400. The Kier molecular flexibility index (Phi) is 9.54. The molecule has 0 radical (unpaired) electrons. The third kappa shape index (κ3) is 7.26. The number of hydrogen-bond acceptors (Lipinski definition) is 6. The molecule has 2 N–H and O–H groups in total. The molecule has 0 aliphatic carbocycles. The average molecular weight is 542 g/mol. The number of aromatic nitrogens is 1. The van der Waals surface area contributed by atoms with Crippen molar-refractivity contribution in [3.8, 4) is 17.7 Å². The number of amides is 1. The first-order valence-corrected chi connectivity index (χ1v) is 13.4.